The average Bonchev–Trinajstić information content (AvgIpc) is 0.830. The maximum absolute atomic E-state index is 15.3. The van der Waals surface area contributed by atoms with Gasteiger partial charge in [-0.2, -0.15) is 0 Å². The molecule has 1 heterocycles. The fourth-order valence-corrected chi connectivity index (χ4v) is 16.3. The summed E-state index contributed by atoms with van der Waals surface area (Å²) in [5.74, 6) is -9.67. The maximum Gasteiger partial charge on any atom is 0.408 e. The lowest BCUT2D eigenvalue weighted by molar-refractivity contribution is -0.157. The van der Waals surface area contributed by atoms with Crippen LogP contribution >= 0.6 is 43.2 Å². The third kappa shape index (κ3) is 32.2. The highest BCUT2D eigenvalue weighted by atomic mass is 33.1. The molecular weight excluding hydrogens is 1490 g/mol. The molecule has 1 aliphatic heterocycles. The predicted octanol–water partition coefficient (Wildman–Crippen LogP) is 6.96. The number of cyclic esters (lactones) is 1. The zero-order chi connectivity index (χ0) is 82.3. The van der Waals surface area contributed by atoms with Gasteiger partial charge in [-0.15, -0.1) is 0 Å². The Morgan fingerprint density at radius 2 is 1.00 bits per heavy atom. The molecule has 0 aliphatic carbocycles. The van der Waals surface area contributed by atoms with Crippen molar-refractivity contribution in [2.24, 2.45) is 11.8 Å². The zero-order valence-electron chi connectivity index (χ0n) is 67.1. The molecule has 3 aromatic rings. The molecule has 12 atom stereocenters. The van der Waals surface area contributed by atoms with Gasteiger partial charge in [0.15, 0.2) is 6.10 Å². The van der Waals surface area contributed by atoms with Crippen LogP contribution in [0.1, 0.15) is 146 Å². The molecule has 31 heteroatoms. The van der Waals surface area contributed by atoms with E-state index in [4.69, 9.17) is 9.47 Å². The summed E-state index contributed by atoms with van der Waals surface area (Å²) in [4.78, 5) is 195. The second-order valence-electron chi connectivity index (χ2n) is 30.5. The molecule has 0 radical (unpaired) electrons. The summed E-state index contributed by atoms with van der Waals surface area (Å²) in [5.41, 5.74) is 1.81. The smallest absolute Gasteiger partial charge is 0.408 e. The summed E-state index contributed by atoms with van der Waals surface area (Å²) in [7, 11) is 11.1. The molecule has 0 spiro atoms. The van der Waals surface area contributed by atoms with Crippen LogP contribution < -0.4 is 42.5 Å². The van der Waals surface area contributed by atoms with E-state index in [0.717, 1.165) is 9.80 Å². The molecule has 27 nitrogen and oxygen atoms in total. The molecule has 0 saturated carbocycles. The van der Waals surface area contributed by atoms with Crippen LogP contribution in [0, 0.1) is 11.8 Å². The number of carbonyl (C=O) groups excluding carboxylic acids is 13. The van der Waals surface area contributed by atoms with Crippen molar-refractivity contribution in [1.82, 2.24) is 62.1 Å². The van der Waals surface area contributed by atoms with Crippen molar-refractivity contribution in [3.63, 3.8) is 0 Å². The van der Waals surface area contributed by atoms with Gasteiger partial charge in [-0.1, -0.05) is 216 Å². The van der Waals surface area contributed by atoms with Gasteiger partial charge >= 0.3 is 12.1 Å². The minimum Gasteiger partial charge on any atom is -0.450 e. The van der Waals surface area contributed by atoms with Gasteiger partial charge in [-0.25, -0.2) is 9.59 Å². The number of hydrogen-bond donors (Lipinski definition) is 8. The summed E-state index contributed by atoms with van der Waals surface area (Å²) in [6.45, 7) is 28.5. The van der Waals surface area contributed by atoms with Crippen LogP contribution in [0.25, 0.3) is 0 Å². The highest BCUT2D eigenvalue weighted by molar-refractivity contribution is 8.77. The fraction of sp³-hybridized carbons (Fsp3) is 0.582. The summed E-state index contributed by atoms with van der Waals surface area (Å²) in [5, 5.41) is 22.2. The van der Waals surface area contributed by atoms with E-state index in [2.05, 4.69) is 49.1 Å². The van der Waals surface area contributed by atoms with Gasteiger partial charge in [0.1, 0.15) is 73.1 Å². The number of rotatable bonds is 25. The summed E-state index contributed by atoms with van der Waals surface area (Å²) in [6, 6.07) is 11.8. The minimum atomic E-state index is -1.64. The Balaban J connectivity index is 1.91. The van der Waals surface area contributed by atoms with Gasteiger partial charge in [0, 0.05) is 69.2 Å². The summed E-state index contributed by atoms with van der Waals surface area (Å²) in [6.07, 6.45) is -0.991. The van der Waals surface area contributed by atoms with Crippen LogP contribution in [-0.4, -0.2) is 232 Å². The van der Waals surface area contributed by atoms with E-state index in [9.17, 15) is 43.2 Å². The first kappa shape index (κ1) is 94.1. The number of carbonyl (C=O) groups is 13. The predicted molar refractivity (Wildman–Crippen MR) is 435 cm³/mol. The first-order chi connectivity index (χ1) is 51.6. The van der Waals surface area contributed by atoms with E-state index in [-0.39, 0.29) is 97.4 Å². The number of nitrogens with zero attached hydrogens (tertiary/aromatic N) is 4. The molecule has 0 bridgehead atoms. The van der Waals surface area contributed by atoms with Crippen LogP contribution in [0.5, 0.6) is 0 Å². The molecule has 4 rings (SSSR count). The zero-order valence-corrected chi connectivity index (χ0v) is 70.3. The van der Waals surface area contributed by atoms with Gasteiger partial charge in [0.05, 0.1) is 5.75 Å². The topological polar surface area (TPSA) is 350 Å². The number of amides is 12. The minimum absolute atomic E-state index is 0.0299. The van der Waals surface area contributed by atoms with E-state index in [0.29, 0.717) is 16.7 Å². The van der Waals surface area contributed by atoms with Gasteiger partial charge in [-0.3, -0.25) is 52.7 Å². The Morgan fingerprint density at radius 1 is 0.518 bits per heavy atom. The number of likely N-dealkylation sites (N-methyl/N-ethyl adjacent to an activating group) is 4. The van der Waals surface area contributed by atoms with E-state index < -0.39 is 150 Å². The van der Waals surface area contributed by atoms with Gasteiger partial charge < -0.3 is 71.6 Å². The number of alkyl carbamates (subject to hydrolysis) is 1. The molecule has 8 N–H and O–H groups in total. The van der Waals surface area contributed by atoms with E-state index in [1.807, 2.05) is 69.2 Å². The SMILES string of the molecule is C=CCOC(=O)N[C@@H](CSSC(C)(C)C)C(=O)NCCCCC1NC(=O)[C@H](Cc2ccccc2)NC(=O)C(CSSC(C)(C)C)OC(=O)[C@H](Cc2ccccc2)NC(=O)[C@H](C)NC(=O)[C@H](C)N(C)C(=O)[C@H](Cc2ccccc2)N(C)C(=O)[C@H](C)NC(=O)[C@H](CC(C)C)N(C)C(=O)[C@H](C)N(C)C(=O)[C@H](CC(C)C)NC1=O. The monoisotopic (exact) mass is 1600 g/mol. The van der Waals surface area contributed by atoms with Crippen molar-refractivity contribution in [2.45, 2.75) is 230 Å². The van der Waals surface area contributed by atoms with Crippen LogP contribution in [0.3, 0.4) is 0 Å². The van der Waals surface area contributed by atoms with Crippen molar-refractivity contribution >= 4 is 120 Å². The largest absolute Gasteiger partial charge is 0.450 e. The molecule has 2 unspecified atom stereocenters. The number of ether oxygens (including phenoxy) is 2. The Hall–Kier alpha value is -8.29. The van der Waals surface area contributed by atoms with Gasteiger partial charge in [0.25, 0.3) is 5.91 Å². The molecule has 608 valence electrons. The van der Waals surface area contributed by atoms with Crippen molar-refractivity contribution in [3.05, 3.63) is 120 Å². The number of nitrogens with one attached hydrogen (secondary N) is 8. The third-order valence-electron chi connectivity index (χ3n) is 17.8. The van der Waals surface area contributed by atoms with Crippen molar-refractivity contribution in [1.29, 1.82) is 0 Å². The second-order valence-corrected chi connectivity index (χ2v) is 36.8. The first-order valence-corrected chi connectivity index (χ1v) is 41.9. The Labute approximate surface area is 665 Å². The second kappa shape index (κ2) is 45.9. The molecule has 110 heavy (non-hydrogen) atoms. The van der Waals surface area contributed by atoms with E-state index >= 15 is 19.2 Å². The molecule has 1 aliphatic rings. The highest BCUT2D eigenvalue weighted by Gasteiger charge is 2.41. The number of unbranched alkanes of at least 4 members (excludes halogenated alkanes) is 1. The summed E-state index contributed by atoms with van der Waals surface area (Å²) < 4.78 is 10.7. The van der Waals surface area contributed by atoms with Crippen LogP contribution in [-0.2, 0) is 86.3 Å². The number of esters is 1. The molecule has 0 aromatic heterocycles. The van der Waals surface area contributed by atoms with Gasteiger partial charge in [-0.05, 0) is 88.3 Å². The number of hydrogen-bond acceptors (Lipinski definition) is 19. The Morgan fingerprint density at radius 3 is 1.55 bits per heavy atom. The van der Waals surface area contributed by atoms with Crippen LogP contribution in [0.2, 0.25) is 0 Å². The normalized spacial score (nSPS) is 23.3. The lowest BCUT2D eigenvalue weighted by Crippen LogP contribution is -2.60. The lowest BCUT2D eigenvalue weighted by Gasteiger charge is -2.36. The maximum atomic E-state index is 15.3. The first-order valence-electron chi connectivity index (χ1n) is 37.3. The van der Waals surface area contributed by atoms with Crippen LogP contribution in [0.15, 0.2) is 104 Å². The van der Waals surface area contributed by atoms with Crippen molar-refractivity contribution in [2.75, 3.05) is 52.8 Å². The fourth-order valence-electron chi connectivity index (χ4n) is 11.4. The standard InChI is InChI=1S/C79H118N12O15S4/c1-20-40-105-77(104)87-61(46-107-109-78(10,11)12)67(94)80-39-31-30-38-57-68(95)85-59(41-48(2)3)74(101)89(17)53(9)73(100)90(18)62(42-49(4)5)70(97)82-51(7)72(99)91(19)63(45-56-36-28-23-29-37-56)75(102)88(16)52(8)66(93)81-50(6)65(92)86-60(44-55-34-26-22-27-35-55)76(103)106-64(47-108-110-79(13,14)15)71(98)84-58(69(96)83-57)43-54-32-24-21-25-33-54/h20-29,32-37,48-53,57-64H,1,30-31,38-47H2,2-19H3,(H,80,94)(H,81,93)(H,82,97)(H,83,96)(H,84,98)(H,85,95)(H,86,92)(H,87,104)/t50-,51-,52-,53-,57?,58-,59-,60-,61-,62-,63-,64?/m0/s1. The lowest BCUT2D eigenvalue weighted by atomic mass is 9.99. The Bertz CT molecular complexity index is 3570. The highest BCUT2D eigenvalue weighted by Crippen LogP contribution is 2.37. The van der Waals surface area contributed by atoms with E-state index in [1.165, 1.54) is 115 Å². The van der Waals surface area contributed by atoms with E-state index in [1.54, 1.807) is 91.0 Å². The van der Waals surface area contributed by atoms with Crippen LogP contribution in [0.4, 0.5) is 4.79 Å². The molecular formula is C79H118N12O15S4. The molecule has 1 fully saturated rings. The molecule has 3 aromatic carbocycles. The quantitative estimate of drug-likeness (QED) is 0.0184. The third-order valence-corrected chi connectivity index (χ3v) is 24.5. The Kier molecular flexibility index (Phi) is 39.3. The van der Waals surface area contributed by atoms with Gasteiger partial charge in [0.2, 0.25) is 59.1 Å². The average molecular weight is 1600 g/mol. The van der Waals surface area contributed by atoms with Crippen molar-refractivity contribution < 1.29 is 71.8 Å². The summed E-state index contributed by atoms with van der Waals surface area (Å²) >= 11 is 0. The molecule has 1 saturated heterocycles. The van der Waals surface area contributed by atoms with Crippen molar-refractivity contribution in [3.8, 4) is 0 Å². The molecule has 12 amide bonds. The number of benzene rings is 3.